The second-order valence-corrected chi connectivity index (χ2v) is 6.89. The van der Waals surface area contributed by atoms with Gasteiger partial charge < -0.3 is 4.74 Å². The standard InChI is InChI=1S/C19H16O3/c1-10-15(18(21)22-9-20)16-11-5-2-3-7-13(11)19(10)14-8-4-6-12(16)17(14)19/h2-11,13,15-16H,1H3. The van der Waals surface area contributed by atoms with Gasteiger partial charge in [0.2, 0.25) is 0 Å². The highest BCUT2D eigenvalue weighted by atomic mass is 16.6. The van der Waals surface area contributed by atoms with Gasteiger partial charge in [0.25, 0.3) is 0 Å². The van der Waals surface area contributed by atoms with Crippen LogP contribution in [0.15, 0.2) is 42.5 Å². The van der Waals surface area contributed by atoms with Crippen molar-refractivity contribution in [1.82, 2.24) is 0 Å². The molecule has 0 aliphatic heterocycles. The van der Waals surface area contributed by atoms with Crippen LogP contribution in [0.4, 0.5) is 0 Å². The number of allylic oxidation sites excluding steroid dienone is 4. The average Bonchev–Trinajstić information content (AvgIpc) is 3.22. The van der Waals surface area contributed by atoms with Gasteiger partial charge in [0.05, 0.1) is 5.92 Å². The van der Waals surface area contributed by atoms with Crippen LogP contribution in [0.5, 0.6) is 0 Å². The molecule has 0 saturated heterocycles. The lowest BCUT2D eigenvalue weighted by atomic mass is 9.48. The first-order valence-electron chi connectivity index (χ1n) is 7.86. The van der Waals surface area contributed by atoms with Gasteiger partial charge in [0, 0.05) is 11.3 Å². The Morgan fingerprint density at radius 3 is 2.91 bits per heavy atom. The van der Waals surface area contributed by atoms with Gasteiger partial charge in [-0.25, -0.2) is 0 Å². The van der Waals surface area contributed by atoms with E-state index in [-0.39, 0.29) is 35.6 Å². The molecule has 2 bridgehead atoms. The second-order valence-electron chi connectivity index (χ2n) is 6.89. The zero-order valence-electron chi connectivity index (χ0n) is 12.2. The summed E-state index contributed by atoms with van der Waals surface area (Å²) in [5.41, 5.74) is 4.14. The number of carbonyl (C=O) groups excluding carboxylic acids is 2. The molecule has 1 spiro atoms. The molecule has 3 nitrogen and oxygen atoms in total. The first kappa shape index (κ1) is 12.4. The Morgan fingerprint density at radius 1 is 1.27 bits per heavy atom. The summed E-state index contributed by atoms with van der Waals surface area (Å²) >= 11 is 0. The van der Waals surface area contributed by atoms with Crippen LogP contribution < -0.4 is 0 Å². The van der Waals surface area contributed by atoms with E-state index in [2.05, 4.69) is 49.4 Å². The number of ether oxygens (including phenoxy) is 1. The summed E-state index contributed by atoms with van der Waals surface area (Å²) in [6.07, 6.45) is 8.74. The number of hydrogen-bond acceptors (Lipinski definition) is 3. The largest absolute Gasteiger partial charge is 0.395 e. The van der Waals surface area contributed by atoms with Crippen molar-refractivity contribution in [2.45, 2.75) is 18.3 Å². The van der Waals surface area contributed by atoms with E-state index < -0.39 is 0 Å². The number of esters is 1. The summed E-state index contributed by atoms with van der Waals surface area (Å²) in [7, 11) is 0. The summed E-state index contributed by atoms with van der Waals surface area (Å²) in [6.45, 7) is 2.42. The molecule has 5 aliphatic carbocycles. The van der Waals surface area contributed by atoms with E-state index in [9.17, 15) is 9.59 Å². The van der Waals surface area contributed by atoms with Gasteiger partial charge in [0.1, 0.15) is 0 Å². The van der Waals surface area contributed by atoms with Crippen molar-refractivity contribution < 1.29 is 14.3 Å². The Bertz CT molecular complexity index is 775. The smallest absolute Gasteiger partial charge is 0.317 e. The molecule has 0 N–H and O–H groups in total. The third-order valence-electron chi connectivity index (χ3n) is 6.45. The van der Waals surface area contributed by atoms with Crippen LogP contribution in [0.2, 0.25) is 0 Å². The van der Waals surface area contributed by atoms with Gasteiger partial charge in [0.15, 0.2) is 0 Å². The maximum absolute atomic E-state index is 12.5. The third-order valence-corrected chi connectivity index (χ3v) is 6.45. The van der Waals surface area contributed by atoms with E-state index in [4.69, 9.17) is 4.74 Å². The van der Waals surface area contributed by atoms with E-state index in [1.54, 1.807) is 0 Å². The number of carbonyl (C=O) groups is 2. The normalized spacial score (nSPS) is 41.6. The minimum Gasteiger partial charge on any atom is -0.395 e. The first-order chi connectivity index (χ1) is 10.7. The molecule has 0 radical (unpaired) electrons. The molecule has 1 aromatic carbocycles. The minimum atomic E-state index is -0.369. The van der Waals surface area contributed by atoms with Gasteiger partial charge in [-0.05, 0) is 34.4 Å². The molecule has 3 heteroatoms. The fourth-order valence-corrected chi connectivity index (χ4v) is 5.81. The first-order valence-corrected chi connectivity index (χ1v) is 7.86. The van der Waals surface area contributed by atoms with E-state index in [0.29, 0.717) is 11.8 Å². The van der Waals surface area contributed by atoms with Crippen LogP contribution in [0, 0.1) is 23.7 Å². The maximum atomic E-state index is 12.5. The lowest BCUT2D eigenvalue weighted by Crippen LogP contribution is -2.53. The average molecular weight is 292 g/mol. The molecule has 0 aromatic heterocycles. The van der Waals surface area contributed by atoms with Crippen LogP contribution in [-0.4, -0.2) is 12.4 Å². The fraction of sp³-hybridized carbons (Fsp3) is 0.368. The van der Waals surface area contributed by atoms with Crippen LogP contribution in [-0.2, 0) is 19.7 Å². The molecule has 6 rings (SSSR count). The molecule has 6 unspecified atom stereocenters. The molecule has 0 heterocycles. The number of benzene rings is 1. The summed E-state index contributed by atoms with van der Waals surface area (Å²) in [4.78, 5) is 23.1. The highest BCUT2D eigenvalue weighted by molar-refractivity contribution is 5.84. The minimum absolute atomic E-state index is 0.0217. The molecule has 1 aromatic rings. The van der Waals surface area contributed by atoms with Crippen LogP contribution in [0.3, 0.4) is 0 Å². The molecular formula is C19H16O3. The zero-order chi connectivity index (χ0) is 15.1. The van der Waals surface area contributed by atoms with Gasteiger partial charge >= 0.3 is 12.4 Å². The van der Waals surface area contributed by atoms with Gasteiger partial charge in [-0.1, -0.05) is 49.4 Å². The molecule has 6 atom stereocenters. The predicted molar refractivity (Wildman–Crippen MR) is 80.0 cm³/mol. The van der Waals surface area contributed by atoms with Crippen molar-refractivity contribution >= 4 is 12.4 Å². The van der Waals surface area contributed by atoms with Crippen molar-refractivity contribution in [3.05, 3.63) is 59.2 Å². The summed E-state index contributed by atoms with van der Waals surface area (Å²) in [5.74, 6) is 0.432. The van der Waals surface area contributed by atoms with E-state index in [1.165, 1.54) is 16.7 Å². The van der Waals surface area contributed by atoms with Crippen molar-refractivity contribution in [2.75, 3.05) is 0 Å². The Labute approximate surface area is 128 Å². The van der Waals surface area contributed by atoms with Gasteiger partial charge in [-0.15, -0.1) is 0 Å². The number of fused-ring (bicyclic) bond motifs is 1. The summed E-state index contributed by atoms with van der Waals surface area (Å²) in [6, 6.07) is 6.46. The van der Waals surface area contributed by atoms with Gasteiger partial charge in [-0.3, -0.25) is 9.59 Å². The lowest BCUT2D eigenvalue weighted by molar-refractivity contribution is -0.160. The van der Waals surface area contributed by atoms with Crippen LogP contribution in [0.1, 0.15) is 29.5 Å². The monoisotopic (exact) mass is 292 g/mol. The number of hydrogen-bond donors (Lipinski definition) is 0. The highest BCUT2D eigenvalue weighted by Gasteiger charge is 2.72. The molecule has 0 amide bonds. The van der Waals surface area contributed by atoms with E-state index >= 15 is 0 Å². The van der Waals surface area contributed by atoms with E-state index in [0.717, 1.165) is 0 Å². The topological polar surface area (TPSA) is 43.4 Å². The highest BCUT2D eigenvalue weighted by Crippen LogP contribution is 2.76. The van der Waals surface area contributed by atoms with Crippen LogP contribution in [0.25, 0.3) is 0 Å². The van der Waals surface area contributed by atoms with Gasteiger partial charge in [-0.2, -0.15) is 0 Å². The quantitative estimate of drug-likeness (QED) is 0.478. The fourth-order valence-electron chi connectivity index (χ4n) is 5.81. The van der Waals surface area contributed by atoms with Crippen molar-refractivity contribution in [1.29, 1.82) is 0 Å². The second kappa shape index (κ2) is 3.78. The van der Waals surface area contributed by atoms with E-state index in [1.807, 2.05) is 0 Å². The Hall–Kier alpha value is -2.16. The Balaban J connectivity index is 1.74. The lowest BCUT2D eigenvalue weighted by Gasteiger charge is -2.53. The number of rotatable bonds is 2. The van der Waals surface area contributed by atoms with Crippen molar-refractivity contribution in [3.63, 3.8) is 0 Å². The molecule has 1 fully saturated rings. The molecular weight excluding hydrogens is 276 g/mol. The van der Waals surface area contributed by atoms with Crippen molar-refractivity contribution in [3.8, 4) is 0 Å². The summed E-state index contributed by atoms with van der Waals surface area (Å²) in [5, 5.41) is 0. The molecule has 1 saturated carbocycles. The zero-order valence-corrected chi connectivity index (χ0v) is 12.2. The Morgan fingerprint density at radius 2 is 2.09 bits per heavy atom. The summed E-state index contributed by atoms with van der Waals surface area (Å²) < 4.78 is 4.77. The van der Waals surface area contributed by atoms with Crippen LogP contribution >= 0.6 is 0 Å². The Kier molecular flexibility index (Phi) is 2.13. The maximum Gasteiger partial charge on any atom is 0.317 e. The predicted octanol–water partition coefficient (Wildman–Crippen LogP) is 2.71. The molecule has 22 heavy (non-hydrogen) atoms. The SMILES string of the molecule is CC1C(C(=O)OC=O)C2c3cccc4c3C41C1C=CC=CC21. The van der Waals surface area contributed by atoms with Crippen molar-refractivity contribution in [2.24, 2.45) is 23.7 Å². The third kappa shape index (κ3) is 1.10. The molecule has 110 valence electrons. The molecule has 5 aliphatic rings.